The van der Waals surface area contributed by atoms with E-state index in [9.17, 15) is 8.78 Å². The Morgan fingerprint density at radius 2 is 1.80 bits per heavy atom. The molecule has 0 saturated heterocycles. The van der Waals surface area contributed by atoms with Crippen LogP contribution >= 0.6 is 0 Å². The van der Waals surface area contributed by atoms with E-state index in [0.717, 1.165) is 19.0 Å². The van der Waals surface area contributed by atoms with E-state index < -0.39 is 11.6 Å². The van der Waals surface area contributed by atoms with Crippen molar-refractivity contribution in [3.05, 3.63) is 29.8 Å². The first-order valence-electron chi connectivity index (χ1n) is 5.07. The number of anilines is 1. The first-order valence-corrected chi connectivity index (χ1v) is 5.07. The van der Waals surface area contributed by atoms with Gasteiger partial charge in [0.1, 0.15) is 0 Å². The second kappa shape index (κ2) is 4.60. The Hall–Kier alpha value is -1.12. The van der Waals surface area contributed by atoms with Crippen LogP contribution in [0.4, 0.5) is 14.5 Å². The van der Waals surface area contributed by atoms with E-state index in [-0.39, 0.29) is 5.41 Å². The van der Waals surface area contributed by atoms with Gasteiger partial charge in [-0.2, -0.15) is 0 Å². The second-order valence-corrected chi connectivity index (χ2v) is 4.87. The molecule has 0 bridgehead atoms. The predicted octanol–water partition coefficient (Wildman–Crippen LogP) is 3.81. The molecule has 0 amide bonds. The molecule has 0 aliphatic carbocycles. The summed E-state index contributed by atoms with van der Waals surface area (Å²) in [7, 11) is 0. The SMILES string of the molecule is CC(C)(C)CCNc1ccc(F)c(F)c1. The quantitative estimate of drug-likeness (QED) is 0.805. The minimum Gasteiger partial charge on any atom is -0.385 e. The molecule has 1 nitrogen and oxygen atoms in total. The zero-order valence-corrected chi connectivity index (χ0v) is 9.40. The van der Waals surface area contributed by atoms with Crippen LogP contribution in [0.3, 0.4) is 0 Å². The van der Waals surface area contributed by atoms with Crippen LogP contribution in [0.2, 0.25) is 0 Å². The van der Waals surface area contributed by atoms with Gasteiger partial charge in [-0.05, 0) is 30.0 Å². The molecule has 0 fully saturated rings. The number of nitrogens with one attached hydrogen (secondary N) is 1. The third kappa shape index (κ3) is 4.28. The van der Waals surface area contributed by atoms with Gasteiger partial charge in [0.05, 0.1) is 0 Å². The topological polar surface area (TPSA) is 12.0 Å². The molecule has 15 heavy (non-hydrogen) atoms. The van der Waals surface area contributed by atoms with Crippen LogP contribution < -0.4 is 5.32 Å². The minimum atomic E-state index is -0.809. The third-order valence-corrected chi connectivity index (χ3v) is 2.12. The van der Waals surface area contributed by atoms with Crippen LogP contribution in [0.25, 0.3) is 0 Å². The van der Waals surface area contributed by atoms with Crippen LogP contribution in [-0.4, -0.2) is 6.54 Å². The lowest BCUT2D eigenvalue weighted by Gasteiger charge is -2.18. The summed E-state index contributed by atoms with van der Waals surface area (Å²) < 4.78 is 25.4. The number of benzene rings is 1. The van der Waals surface area contributed by atoms with Crippen molar-refractivity contribution >= 4 is 5.69 Å². The highest BCUT2D eigenvalue weighted by Gasteiger charge is 2.09. The Balaban J connectivity index is 2.48. The maximum absolute atomic E-state index is 12.8. The summed E-state index contributed by atoms with van der Waals surface area (Å²) in [6, 6.07) is 3.85. The molecule has 0 heterocycles. The van der Waals surface area contributed by atoms with Crippen LogP contribution in [0.1, 0.15) is 27.2 Å². The van der Waals surface area contributed by atoms with Gasteiger partial charge >= 0.3 is 0 Å². The van der Waals surface area contributed by atoms with Gasteiger partial charge in [-0.1, -0.05) is 20.8 Å². The fourth-order valence-electron chi connectivity index (χ4n) is 1.19. The standard InChI is InChI=1S/C12H17F2N/c1-12(2,3)6-7-15-9-4-5-10(13)11(14)8-9/h4-5,8,15H,6-7H2,1-3H3. The van der Waals surface area contributed by atoms with E-state index >= 15 is 0 Å². The van der Waals surface area contributed by atoms with Crippen LogP contribution in [0.5, 0.6) is 0 Å². The molecule has 0 unspecified atom stereocenters. The molecular weight excluding hydrogens is 196 g/mol. The van der Waals surface area contributed by atoms with Gasteiger partial charge in [-0.25, -0.2) is 8.78 Å². The normalized spacial score (nSPS) is 11.5. The van der Waals surface area contributed by atoms with Gasteiger partial charge in [0.2, 0.25) is 0 Å². The van der Waals surface area contributed by atoms with Crippen LogP contribution in [0, 0.1) is 17.0 Å². The molecule has 0 spiro atoms. The lowest BCUT2D eigenvalue weighted by molar-refractivity contribution is 0.389. The molecule has 1 N–H and O–H groups in total. The van der Waals surface area contributed by atoms with E-state index in [4.69, 9.17) is 0 Å². The Labute approximate surface area is 89.5 Å². The highest BCUT2D eigenvalue weighted by Crippen LogP contribution is 2.19. The molecule has 0 atom stereocenters. The zero-order valence-electron chi connectivity index (χ0n) is 9.40. The average Bonchev–Trinajstić information content (AvgIpc) is 2.09. The van der Waals surface area contributed by atoms with E-state index in [0.29, 0.717) is 5.69 Å². The smallest absolute Gasteiger partial charge is 0.160 e. The van der Waals surface area contributed by atoms with Crippen molar-refractivity contribution in [3.8, 4) is 0 Å². The average molecular weight is 213 g/mol. The van der Waals surface area contributed by atoms with Gasteiger partial charge in [-0.15, -0.1) is 0 Å². The Morgan fingerprint density at radius 3 is 2.33 bits per heavy atom. The molecule has 3 heteroatoms. The van der Waals surface area contributed by atoms with E-state index in [2.05, 4.69) is 26.1 Å². The molecule has 0 aromatic heterocycles. The molecule has 1 aromatic rings. The van der Waals surface area contributed by atoms with E-state index in [1.54, 1.807) is 6.07 Å². The van der Waals surface area contributed by atoms with E-state index in [1.807, 2.05) is 0 Å². The summed E-state index contributed by atoms with van der Waals surface area (Å²) in [6.45, 7) is 7.17. The van der Waals surface area contributed by atoms with Gasteiger partial charge in [0.25, 0.3) is 0 Å². The van der Waals surface area contributed by atoms with Crippen molar-refractivity contribution < 1.29 is 8.78 Å². The molecule has 0 aliphatic rings. The number of hydrogen-bond donors (Lipinski definition) is 1. The number of halogens is 2. The minimum absolute atomic E-state index is 0.242. The van der Waals surface area contributed by atoms with Gasteiger partial charge in [0.15, 0.2) is 11.6 Å². The van der Waals surface area contributed by atoms with Crippen LogP contribution in [0.15, 0.2) is 18.2 Å². The number of hydrogen-bond acceptors (Lipinski definition) is 1. The summed E-state index contributed by atoms with van der Waals surface area (Å²) in [5, 5.41) is 3.06. The second-order valence-electron chi connectivity index (χ2n) is 4.87. The molecule has 0 radical (unpaired) electrons. The highest BCUT2D eigenvalue weighted by molar-refractivity contribution is 5.43. The lowest BCUT2D eigenvalue weighted by atomic mass is 9.92. The largest absolute Gasteiger partial charge is 0.385 e. The summed E-state index contributed by atoms with van der Waals surface area (Å²) in [4.78, 5) is 0. The Bertz CT molecular complexity index is 329. The molecule has 1 rings (SSSR count). The molecule has 0 aliphatic heterocycles. The van der Waals surface area contributed by atoms with Crippen molar-refractivity contribution in [1.82, 2.24) is 0 Å². The summed E-state index contributed by atoms with van der Waals surface area (Å²) >= 11 is 0. The van der Waals surface area contributed by atoms with Crippen molar-refractivity contribution in [2.24, 2.45) is 5.41 Å². The van der Waals surface area contributed by atoms with Gasteiger partial charge in [-0.3, -0.25) is 0 Å². The molecule has 0 saturated carbocycles. The van der Waals surface area contributed by atoms with Crippen molar-refractivity contribution in [2.75, 3.05) is 11.9 Å². The van der Waals surface area contributed by atoms with Crippen molar-refractivity contribution in [2.45, 2.75) is 27.2 Å². The van der Waals surface area contributed by atoms with Gasteiger partial charge in [0, 0.05) is 12.2 Å². The van der Waals surface area contributed by atoms with Crippen molar-refractivity contribution in [3.63, 3.8) is 0 Å². The zero-order chi connectivity index (χ0) is 11.5. The summed E-state index contributed by atoms with van der Waals surface area (Å²) in [5.74, 6) is -1.62. The first-order chi connectivity index (χ1) is 6.88. The summed E-state index contributed by atoms with van der Waals surface area (Å²) in [5.41, 5.74) is 0.865. The van der Waals surface area contributed by atoms with Gasteiger partial charge < -0.3 is 5.32 Å². The van der Waals surface area contributed by atoms with E-state index in [1.165, 1.54) is 6.07 Å². The predicted molar refractivity (Wildman–Crippen MR) is 58.9 cm³/mol. The molecule has 1 aromatic carbocycles. The highest BCUT2D eigenvalue weighted by atomic mass is 19.2. The van der Waals surface area contributed by atoms with Crippen molar-refractivity contribution in [1.29, 1.82) is 0 Å². The maximum atomic E-state index is 12.8. The maximum Gasteiger partial charge on any atom is 0.160 e. The summed E-state index contributed by atoms with van der Waals surface area (Å²) in [6.07, 6.45) is 0.978. The first kappa shape index (κ1) is 12.0. The van der Waals surface area contributed by atoms with Crippen LogP contribution in [-0.2, 0) is 0 Å². The Morgan fingerprint density at radius 1 is 1.13 bits per heavy atom. The molecular formula is C12H17F2N. The number of rotatable bonds is 3. The third-order valence-electron chi connectivity index (χ3n) is 2.12. The lowest BCUT2D eigenvalue weighted by Crippen LogP contribution is -2.12. The Kier molecular flexibility index (Phi) is 3.66. The molecule has 84 valence electrons. The monoisotopic (exact) mass is 213 g/mol. The fourth-order valence-corrected chi connectivity index (χ4v) is 1.19. The fraction of sp³-hybridized carbons (Fsp3) is 0.500.